The molecule has 7 N–H and O–H groups in total. The number of hydrogen-bond acceptors (Lipinski definition) is 13. The summed E-state index contributed by atoms with van der Waals surface area (Å²) in [5.41, 5.74) is 18.5. The molecule has 4 aromatic rings. The van der Waals surface area contributed by atoms with Crippen molar-refractivity contribution in [3.05, 3.63) is 108 Å². The van der Waals surface area contributed by atoms with E-state index in [1.807, 2.05) is 36.4 Å². The normalized spacial score (nSPS) is 14.2. The molecule has 242 valence electrons. The van der Waals surface area contributed by atoms with Gasteiger partial charge in [0.25, 0.3) is 10.1 Å². The first kappa shape index (κ1) is 33.4. The summed E-state index contributed by atoms with van der Waals surface area (Å²) in [5.74, 6) is -1.89. The Bertz CT molecular complexity index is 2160. The molecule has 1 aliphatic carbocycles. The fourth-order valence-electron chi connectivity index (χ4n) is 4.11. The number of nitrogens with two attached hydrogens (primary N) is 2. The molecule has 0 aromatic heterocycles. The van der Waals surface area contributed by atoms with E-state index in [-0.39, 0.29) is 21.8 Å². The summed E-state index contributed by atoms with van der Waals surface area (Å²) in [6, 6.07) is 21.7. The average Bonchev–Trinajstić information content (AvgIpc) is 3.06. The highest BCUT2D eigenvalue weighted by Crippen LogP contribution is 2.41. The van der Waals surface area contributed by atoms with Crippen molar-refractivity contribution < 1.29 is 27.7 Å². The summed E-state index contributed by atoms with van der Waals surface area (Å²) in [4.78, 5) is 24.4. The van der Waals surface area contributed by atoms with Gasteiger partial charge in [0, 0.05) is 9.79 Å². The Morgan fingerprint density at radius 3 is 2.00 bits per heavy atom. The number of anilines is 3. The highest BCUT2D eigenvalue weighted by molar-refractivity contribution is 7.99. The third-order valence-corrected chi connectivity index (χ3v) is 8.56. The fraction of sp³-hybridized carbons (Fsp3) is 0.0312. The number of aryl methyl sites for hydroxylation is 1. The Labute approximate surface area is 278 Å². The molecule has 0 amide bonds. The number of nitrogen functional groups attached to an aromatic ring is 2. The van der Waals surface area contributed by atoms with Gasteiger partial charge in [0.05, 0.1) is 39.0 Å². The summed E-state index contributed by atoms with van der Waals surface area (Å²) < 4.78 is 31.7. The highest BCUT2D eigenvalue weighted by Gasteiger charge is 2.19. The summed E-state index contributed by atoms with van der Waals surface area (Å²) >= 11 is 1.52. The summed E-state index contributed by atoms with van der Waals surface area (Å²) in [6.07, 6.45) is 3.81. The van der Waals surface area contributed by atoms with E-state index in [2.05, 4.69) is 31.0 Å². The van der Waals surface area contributed by atoms with Crippen LogP contribution in [0.15, 0.2) is 143 Å². The van der Waals surface area contributed by atoms with Gasteiger partial charge in [-0.2, -0.15) is 23.7 Å². The maximum Gasteiger partial charge on any atom is 0.339 e. The largest absolute Gasteiger partial charge is 0.478 e. The molecule has 5 rings (SSSR count). The quantitative estimate of drug-likeness (QED) is 0.0279. The van der Waals surface area contributed by atoms with Crippen LogP contribution in [0.25, 0.3) is 0 Å². The molecule has 0 aliphatic heterocycles. The molecule has 1 aliphatic rings. The lowest BCUT2D eigenvalue weighted by Gasteiger charge is -2.09. The van der Waals surface area contributed by atoms with Crippen molar-refractivity contribution in [2.45, 2.75) is 21.6 Å². The zero-order valence-corrected chi connectivity index (χ0v) is 26.6. The molecule has 0 radical (unpaired) electrons. The van der Waals surface area contributed by atoms with E-state index in [0.717, 1.165) is 15.9 Å². The lowest BCUT2D eigenvalue weighted by atomic mass is 10.0. The number of benzene rings is 4. The minimum absolute atomic E-state index is 0.156. The smallest absolute Gasteiger partial charge is 0.339 e. The number of allylic oxidation sites excluding steroid dienone is 3. The van der Waals surface area contributed by atoms with Gasteiger partial charge in [0.15, 0.2) is 5.78 Å². The molecule has 0 saturated carbocycles. The van der Waals surface area contributed by atoms with Crippen molar-refractivity contribution in [3.8, 4) is 0 Å². The van der Waals surface area contributed by atoms with E-state index in [0.29, 0.717) is 39.7 Å². The minimum atomic E-state index is -4.33. The van der Waals surface area contributed by atoms with E-state index in [4.69, 9.17) is 21.1 Å². The summed E-state index contributed by atoms with van der Waals surface area (Å²) in [6.45, 7) is 1.77. The number of carboxylic acids is 1. The van der Waals surface area contributed by atoms with Crippen LogP contribution in [0.3, 0.4) is 0 Å². The van der Waals surface area contributed by atoms with Gasteiger partial charge < -0.3 is 16.6 Å². The first-order valence-corrected chi connectivity index (χ1v) is 16.1. The lowest BCUT2D eigenvalue weighted by Crippen LogP contribution is -2.15. The van der Waals surface area contributed by atoms with Gasteiger partial charge in [-0.25, -0.2) is 4.79 Å². The van der Waals surface area contributed by atoms with Crippen molar-refractivity contribution in [3.63, 3.8) is 0 Å². The number of carboxylic acid groups (broad SMARTS) is 1. The fourth-order valence-corrected chi connectivity index (χ4v) is 5.40. The van der Waals surface area contributed by atoms with Crippen LogP contribution >= 0.6 is 11.8 Å². The van der Waals surface area contributed by atoms with E-state index < -0.39 is 21.9 Å². The molecule has 0 saturated heterocycles. The van der Waals surface area contributed by atoms with Gasteiger partial charge in [-0.1, -0.05) is 11.8 Å². The van der Waals surface area contributed by atoms with E-state index >= 15 is 0 Å². The van der Waals surface area contributed by atoms with Gasteiger partial charge in [-0.3, -0.25) is 14.8 Å². The second-order valence-electron chi connectivity index (χ2n) is 10.1. The Balaban J connectivity index is 1.23. The monoisotopic (exact) mass is 682 g/mol. The second kappa shape index (κ2) is 14.2. The molecule has 48 heavy (non-hydrogen) atoms. The van der Waals surface area contributed by atoms with Crippen LogP contribution < -0.4 is 16.9 Å². The molecule has 0 unspecified atom stereocenters. The number of rotatable bonds is 10. The molecule has 0 spiro atoms. The molecule has 0 atom stereocenters. The molecule has 0 bridgehead atoms. The number of azo groups is 2. The number of hydrazone groups is 1. The Morgan fingerprint density at radius 1 is 0.812 bits per heavy atom. The maximum absolute atomic E-state index is 11.6. The number of aliphatic carboxylic acids is 1. The Hall–Kier alpha value is -5.97. The third kappa shape index (κ3) is 8.24. The molecule has 14 nitrogen and oxygen atoms in total. The predicted octanol–water partition coefficient (Wildman–Crippen LogP) is 7.31. The van der Waals surface area contributed by atoms with E-state index in [1.165, 1.54) is 48.2 Å². The van der Waals surface area contributed by atoms with Crippen LogP contribution in [0.1, 0.15) is 5.56 Å². The molecule has 0 heterocycles. The van der Waals surface area contributed by atoms with Gasteiger partial charge in [-0.05, 0) is 110 Å². The molecular formula is C32H26N8O6S2. The van der Waals surface area contributed by atoms with E-state index in [9.17, 15) is 18.0 Å². The zero-order valence-electron chi connectivity index (χ0n) is 25.0. The van der Waals surface area contributed by atoms with E-state index in [1.54, 1.807) is 25.1 Å². The average molecular weight is 683 g/mol. The number of nitrogens with zero attached hydrogens (tertiary/aromatic N) is 5. The summed E-state index contributed by atoms with van der Waals surface area (Å²) in [7, 11) is -4.33. The van der Waals surface area contributed by atoms with Gasteiger partial charge in [-0.15, -0.1) is 10.2 Å². The van der Waals surface area contributed by atoms with Crippen molar-refractivity contribution >= 4 is 79.2 Å². The van der Waals surface area contributed by atoms with Crippen LogP contribution in [-0.4, -0.2) is 35.5 Å². The maximum atomic E-state index is 11.6. The molecule has 4 aromatic carbocycles. The van der Waals surface area contributed by atoms with Crippen LogP contribution in [0.5, 0.6) is 0 Å². The number of ketones is 1. The first-order chi connectivity index (χ1) is 22.9. The number of nitrogens with one attached hydrogen (secondary N) is 1. The predicted molar refractivity (Wildman–Crippen MR) is 183 cm³/mol. The van der Waals surface area contributed by atoms with Crippen LogP contribution in [0.4, 0.5) is 39.8 Å². The number of carbonyl (C=O) groups excluding carboxylic acids is 1. The molecular weight excluding hydrogens is 657 g/mol. The number of carbonyl (C=O) groups is 2. The summed E-state index contributed by atoms with van der Waals surface area (Å²) in [5, 5.41) is 30.1. The van der Waals surface area contributed by atoms with Crippen LogP contribution in [0.2, 0.25) is 0 Å². The van der Waals surface area contributed by atoms with Crippen LogP contribution in [0, 0.1) is 6.92 Å². The topological polar surface area (TPSA) is 235 Å². The lowest BCUT2D eigenvalue weighted by molar-refractivity contribution is -0.134. The number of hydrogen-bond donors (Lipinski definition) is 5. The highest BCUT2D eigenvalue weighted by atomic mass is 32.2. The molecule has 16 heteroatoms. The van der Waals surface area contributed by atoms with Gasteiger partial charge >= 0.3 is 5.97 Å². The first-order valence-electron chi connectivity index (χ1n) is 13.9. The van der Waals surface area contributed by atoms with Crippen molar-refractivity contribution in [1.29, 1.82) is 0 Å². The zero-order chi connectivity index (χ0) is 34.4. The van der Waals surface area contributed by atoms with Crippen molar-refractivity contribution in [2.75, 3.05) is 16.9 Å². The van der Waals surface area contributed by atoms with Crippen molar-refractivity contribution in [1.82, 2.24) is 0 Å². The van der Waals surface area contributed by atoms with Crippen molar-refractivity contribution in [2.24, 2.45) is 25.6 Å². The Morgan fingerprint density at radius 2 is 1.40 bits per heavy atom. The van der Waals surface area contributed by atoms with Crippen LogP contribution in [-0.2, 0) is 19.7 Å². The standard InChI is InChI=1S/C32H26N8O6S2/c1-18-16-27(30(34)31(29(18)33)40-37-21-6-13-25(14-7-21)48(44,45)46)39-36-20-4-11-24(12-5-20)47-23-9-2-19(3-10-23)35-38-22-8-15-28(41)26(17-22)32(42)43/h2-17,35H,33-34H2,1H3,(H,42,43)(H,44,45,46)/b38-22+,39-36?,40-37?. The third-order valence-electron chi connectivity index (χ3n) is 6.67. The van der Waals surface area contributed by atoms with Gasteiger partial charge in [0.1, 0.15) is 16.9 Å². The SMILES string of the molecule is Cc1cc(N=Nc2ccc(Sc3ccc(N/N=C4\C=CC(=O)C(C(=O)O)=C4)cc3)cc2)c(N)c(N=Nc2ccc(S(=O)(=O)O)cc2)c1N. The molecule has 0 fully saturated rings. The minimum Gasteiger partial charge on any atom is -0.478 e. The second-order valence-corrected chi connectivity index (χ2v) is 12.7. The Kier molecular flexibility index (Phi) is 9.88. The van der Waals surface area contributed by atoms with Gasteiger partial charge in [0.2, 0.25) is 0 Å².